The molecule has 2 rings (SSSR count). The van der Waals surface area contributed by atoms with Crippen LogP contribution in [0.5, 0.6) is 11.5 Å². The lowest BCUT2D eigenvalue weighted by molar-refractivity contribution is 0.0729. The third kappa shape index (κ3) is 2.95. The summed E-state index contributed by atoms with van der Waals surface area (Å²) >= 11 is 0. The van der Waals surface area contributed by atoms with E-state index in [0.717, 1.165) is 0 Å². The van der Waals surface area contributed by atoms with Gasteiger partial charge in [-0.3, -0.25) is 9.78 Å². The Labute approximate surface area is 109 Å². The quantitative estimate of drug-likeness (QED) is 0.477. The minimum atomic E-state index is -0.537. The van der Waals surface area contributed by atoms with Crippen LogP contribution < -0.4 is 9.47 Å². The Balaban J connectivity index is 2.24. The van der Waals surface area contributed by atoms with Crippen molar-refractivity contribution in [3.8, 4) is 11.5 Å². The number of nitrogens with zero attached hydrogens (tertiary/aromatic N) is 1. The van der Waals surface area contributed by atoms with Crippen LogP contribution in [-0.2, 0) is 0 Å². The Hall–Kier alpha value is -2.69. The molecule has 0 aliphatic heterocycles. The second-order valence-electron chi connectivity index (χ2n) is 3.66. The highest BCUT2D eigenvalue weighted by atomic mass is 16.6. The largest absolute Gasteiger partial charge is 0.493 e. The second kappa shape index (κ2) is 5.77. The molecule has 0 fully saturated rings. The van der Waals surface area contributed by atoms with E-state index in [1.54, 1.807) is 24.4 Å². The van der Waals surface area contributed by atoms with Crippen molar-refractivity contribution >= 4 is 12.3 Å². The van der Waals surface area contributed by atoms with E-state index in [0.29, 0.717) is 23.2 Å². The number of aldehydes is 1. The molecule has 0 saturated carbocycles. The number of ether oxygens (including phenoxy) is 2. The van der Waals surface area contributed by atoms with E-state index >= 15 is 0 Å². The molecular weight excluding hydrogens is 246 g/mol. The lowest BCUT2D eigenvalue weighted by Gasteiger charge is -2.09. The van der Waals surface area contributed by atoms with Crippen molar-refractivity contribution < 1.29 is 19.1 Å². The molecule has 1 aromatic heterocycles. The molecule has 2 aromatic rings. The van der Waals surface area contributed by atoms with Gasteiger partial charge < -0.3 is 9.47 Å². The van der Waals surface area contributed by atoms with Crippen LogP contribution in [-0.4, -0.2) is 24.3 Å². The number of carbonyl (C=O) groups excluding carboxylic acids is 2. The zero-order valence-corrected chi connectivity index (χ0v) is 10.2. The van der Waals surface area contributed by atoms with E-state index in [-0.39, 0.29) is 5.75 Å². The van der Waals surface area contributed by atoms with Crippen molar-refractivity contribution in [3.63, 3.8) is 0 Å². The maximum absolute atomic E-state index is 11.8. The Morgan fingerprint density at radius 3 is 2.74 bits per heavy atom. The van der Waals surface area contributed by atoms with Crippen LogP contribution in [0.3, 0.4) is 0 Å². The summed E-state index contributed by atoms with van der Waals surface area (Å²) < 4.78 is 10.3. The highest BCUT2D eigenvalue weighted by molar-refractivity contribution is 5.91. The number of methoxy groups -OCH3 is 1. The molecule has 0 aliphatic carbocycles. The van der Waals surface area contributed by atoms with Crippen LogP contribution in [0.2, 0.25) is 0 Å². The van der Waals surface area contributed by atoms with Gasteiger partial charge in [-0.2, -0.15) is 0 Å². The molecule has 5 nitrogen and oxygen atoms in total. The van der Waals surface area contributed by atoms with Gasteiger partial charge in [0.25, 0.3) is 0 Å². The van der Waals surface area contributed by atoms with Crippen molar-refractivity contribution in [2.75, 3.05) is 7.11 Å². The van der Waals surface area contributed by atoms with Crippen LogP contribution in [0.15, 0.2) is 42.7 Å². The first-order valence-electron chi connectivity index (χ1n) is 5.50. The summed E-state index contributed by atoms with van der Waals surface area (Å²) in [6, 6.07) is 7.79. The maximum atomic E-state index is 11.8. The molecule has 19 heavy (non-hydrogen) atoms. The zero-order chi connectivity index (χ0) is 13.7. The molecule has 0 saturated heterocycles. The monoisotopic (exact) mass is 257 g/mol. The summed E-state index contributed by atoms with van der Waals surface area (Å²) in [4.78, 5) is 26.3. The predicted octanol–water partition coefficient (Wildman–Crippen LogP) is 2.12. The number of hydrogen-bond acceptors (Lipinski definition) is 5. The van der Waals surface area contributed by atoms with E-state index in [1.165, 1.54) is 25.4 Å². The molecular formula is C14H11NO4. The average molecular weight is 257 g/mol. The number of pyridine rings is 1. The molecule has 0 radical (unpaired) electrons. The fourth-order valence-electron chi connectivity index (χ4n) is 1.48. The highest BCUT2D eigenvalue weighted by Crippen LogP contribution is 2.28. The van der Waals surface area contributed by atoms with Gasteiger partial charge in [-0.1, -0.05) is 0 Å². The second-order valence-corrected chi connectivity index (χ2v) is 3.66. The smallest absolute Gasteiger partial charge is 0.345 e. The zero-order valence-electron chi connectivity index (χ0n) is 10.2. The highest BCUT2D eigenvalue weighted by Gasteiger charge is 2.12. The third-order valence-electron chi connectivity index (χ3n) is 2.42. The maximum Gasteiger partial charge on any atom is 0.345 e. The van der Waals surface area contributed by atoms with Crippen molar-refractivity contribution in [3.05, 3.63) is 53.9 Å². The standard InChI is InChI=1S/C14H11NO4/c1-18-13-7-10(9-16)4-5-12(13)19-14(17)11-3-2-6-15-8-11/h2-9H,1H3. The molecule has 0 spiro atoms. The van der Waals surface area contributed by atoms with Gasteiger partial charge in [0, 0.05) is 18.0 Å². The minimum Gasteiger partial charge on any atom is -0.493 e. The molecule has 0 unspecified atom stereocenters. The van der Waals surface area contributed by atoms with Crippen molar-refractivity contribution in [2.45, 2.75) is 0 Å². The Bertz CT molecular complexity index is 596. The summed E-state index contributed by atoms with van der Waals surface area (Å²) in [5, 5.41) is 0. The van der Waals surface area contributed by atoms with Gasteiger partial charge >= 0.3 is 5.97 Å². The first-order valence-corrected chi connectivity index (χ1v) is 5.50. The number of rotatable bonds is 4. The first kappa shape index (κ1) is 12.8. The molecule has 96 valence electrons. The van der Waals surface area contributed by atoms with Gasteiger partial charge in [0.15, 0.2) is 11.5 Å². The molecule has 0 aliphatic rings. The van der Waals surface area contributed by atoms with E-state index in [1.807, 2.05) is 0 Å². The van der Waals surface area contributed by atoms with Crippen LogP contribution >= 0.6 is 0 Å². The van der Waals surface area contributed by atoms with Gasteiger partial charge in [0.05, 0.1) is 12.7 Å². The summed E-state index contributed by atoms with van der Waals surface area (Å²) in [7, 11) is 1.44. The topological polar surface area (TPSA) is 65.5 Å². The normalized spacial score (nSPS) is 9.74. The first-order chi connectivity index (χ1) is 9.24. The number of hydrogen-bond donors (Lipinski definition) is 0. The van der Waals surface area contributed by atoms with E-state index in [9.17, 15) is 9.59 Å². The van der Waals surface area contributed by atoms with Gasteiger partial charge in [-0.05, 0) is 30.3 Å². The number of benzene rings is 1. The van der Waals surface area contributed by atoms with Crippen LogP contribution in [0, 0.1) is 0 Å². The Morgan fingerprint density at radius 1 is 1.26 bits per heavy atom. The Kier molecular flexibility index (Phi) is 3.87. The number of carbonyl (C=O) groups is 2. The molecule has 0 bridgehead atoms. The summed E-state index contributed by atoms with van der Waals surface area (Å²) in [5.74, 6) is 0.0362. The van der Waals surface area contributed by atoms with Crippen molar-refractivity contribution in [1.29, 1.82) is 0 Å². The number of esters is 1. The fraction of sp³-hybridized carbons (Fsp3) is 0.0714. The van der Waals surface area contributed by atoms with Crippen molar-refractivity contribution in [2.24, 2.45) is 0 Å². The van der Waals surface area contributed by atoms with E-state index < -0.39 is 5.97 Å². The van der Waals surface area contributed by atoms with Gasteiger partial charge in [-0.25, -0.2) is 4.79 Å². The minimum absolute atomic E-state index is 0.252. The lowest BCUT2D eigenvalue weighted by Crippen LogP contribution is -2.09. The molecule has 5 heteroatoms. The molecule has 1 heterocycles. The van der Waals surface area contributed by atoms with Crippen molar-refractivity contribution in [1.82, 2.24) is 4.98 Å². The van der Waals surface area contributed by atoms with Crippen LogP contribution in [0.1, 0.15) is 20.7 Å². The number of aromatic nitrogens is 1. The van der Waals surface area contributed by atoms with Gasteiger partial charge in [0.2, 0.25) is 0 Å². The Morgan fingerprint density at radius 2 is 2.11 bits per heavy atom. The third-order valence-corrected chi connectivity index (χ3v) is 2.42. The average Bonchev–Trinajstić information content (AvgIpc) is 2.48. The summed E-state index contributed by atoms with van der Waals surface area (Å²) in [6.45, 7) is 0. The van der Waals surface area contributed by atoms with Crippen LogP contribution in [0.25, 0.3) is 0 Å². The molecule has 0 N–H and O–H groups in total. The SMILES string of the molecule is COc1cc(C=O)ccc1OC(=O)c1cccnc1. The fourth-order valence-corrected chi connectivity index (χ4v) is 1.48. The molecule has 0 atom stereocenters. The molecule has 0 amide bonds. The van der Waals surface area contributed by atoms with E-state index in [4.69, 9.17) is 9.47 Å². The summed E-state index contributed by atoms with van der Waals surface area (Å²) in [6.07, 6.45) is 3.67. The molecule has 1 aromatic carbocycles. The van der Waals surface area contributed by atoms with Gasteiger partial charge in [0.1, 0.15) is 6.29 Å². The lowest BCUT2D eigenvalue weighted by atomic mass is 10.2. The summed E-state index contributed by atoms with van der Waals surface area (Å²) in [5.41, 5.74) is 0.780. The van der Waals surface area contributed by atoms with Gasteiger partial charge in [-0.15, -0.1) is 0 Å². The van der Waals surface area contributed by atoms with E-state index in [2.05, 4.69) is 4.98 Å². The van der Waals surface area contributed by atoms with Crippen LogP contribution in [0.4, 0.5) is 0 Å². The predicted molar refractivity (Wildman–Crippen MR) is 67.6 cm³/mol.